The highest BCUT2D eigenvalue weighted by molar-refractivity contribution is 7.89. The lowest BCUT2D eigenvalue weighted by atomic mass is 10.2. The number of alkyl halides is 4. The van der Waals surface area contributed by atoms with Crippen LogP contribution >= 0.6 is 11.6 Å². The molecule has 0 heterocycles. The minimum Gasteiger partial charge on any atom is -0.212 e. The van der Waals surface area contributed by atoms with Gasteiger partial charge in [-0.25, -0.2) is 8.42 Å². The van der Waals surface area contributed by atoms with Gasteiger partial charge in [0.2, 0.25) is 10.0 Å². The highest BCUT2D eigenvalue weighted by Gasteiger charge is 2.38. The Balaban J connectivity index is 5.10. The fourth-order valence-electron chi connectivity index (χ4n) is 1.54. The van der Waals surface area contributed by atoms with Crippen LogP contribution in [0.25, 0.3) is 0 Å². The van der Waals surface area contributed by atoms with Crippen LogP contribution in [0.3, 0.4) is 0 Å². The average Bonchev–Trinajstić information content (AvgIpc) is 2.16. The molecule has 0 aromatic rings. The molecule has 0 saturated carbocycles. The summed E-state index contributed by atoms with van der Waals surface area (Å²) >= 11 is 5.31. The maximum Gasteiger partial charge on any atom is 0.402 e. The number of hydrogen-bond donors (Lipinski definition) is 0. The van der Waals surface area contributed by atoms with Crippen molar-refractivity contribution >= 4 is 21.6 Å². The summed E-state index contributed by atoms with van der Waals surface area (Å²) in [6.07, 6.45) is -3.86. The summed E-state index contributed by atoms with van der Waals surface area (Å²) in [5, 5.41) is 0. The van der Waals surface area contributed by atoms with Gasteiger partial charge in [-0.15, -0.1) is 11.6 Å². The van der Waals surface area contributed by atoms with Gasteiger partial charge in [0.25, 0.3) is 0 Å². The molecule has 0 radical (unpaired) electrons. The number of nitrogens with zero attached hydrogens (tertiary/aromatic N) is 1. The van der Waals surface area contributed by atoms with Crippen LogP contribution in [0.1, 0.15) is 26.7 Å². The fourth-order valence-corrected chi connectivity index (χ4v) is 3.65. The van der Waals surface area contributed by atoms with Gasteiger partial charge in [-0.05, 0) is 12.8 Å². The highest BCUT2D eigenvalue weighted by atomic mass is 35.5. The Morgan fingerprint density at radius 1 is 1.24 bits per heavy atom. The largest absolute Gasteiger partial charge is 0.402 e. The zero-order valence-electron chi connectivity index (χ0n) is 9.80. The fraction of sp³-hybridized carbons (Fsp3) is 1.00. The van der Waals surface area contributed by atoms with Crippen molar-refractivity contribution < 1.29 is 21.6 Å². The van der Waals surface area contributed by atoms with Gasteiger partial charge in [-0.1, -0.05) is 13.8 Å². The molecule has 104 valence electrons. The van der Waals surface area contributed by atoms with Crippen LogP contribution < -0.4 is 0 Å². The quantitative estimate of drug-likeness (QED) is 0.677. The van der Waals surface area contributed by atoms with Crippen LogP contribution in [-0.4, -0.2) is 43.1 Å². The lowest BCUT2D eigenvalue weighted by Crippen LogP contribution is -2.46. The average molecular weight is 296 g/mol. The van der Waals surface area contributed by atoms with Crippen LogP contribution in [0.4, 0.5) is 13.2 Å². The lowest BCUT2D eigenvalue weighted by molar-refractivity contribution is -0.139. The van der Waals surface area contributed by atoms with E-state index >= 15 is 0 Å². The summed E-state index contributed by atoms with van der Waals surface area (Å²) in [5.41, 5.74) is 0. The van der Waals surface area contributed by atoms with Crippen LogP contribution in [0.15, 0.2) is 0 Å². The maximum absolute atomic E-state index is 12.4. The normalized spacial score (nSPS) is 13.6. The summed E-state index contributed by atoms with van der Waals surface area (Å²) < 4.78 is 61.1. The first-order valence-electron chi connectivity index (χ1n) is 5.30. The highest BCUT2D eigenvalue weighted by Crippen LogP contribution is 2.23. The second kappa shape index (κ2) is 6.80. The summed E-state index contributed by atoms with van der Waals surface area (Å²) in [4.78, 5) is 0. The zero-order valence-corrected chi connectivity index (χ0v) is 11.4. The molecule has 0 unspecified atom stereocenters. The van der Waals surface area contributed by atoms with Gasteiger partial charge in [0.05, 0.1) is 5.75 Å². The first kappa shape index (κ1) is 17.0. The van der Waals surface area contributed by atoms with E-state index in [1.165, 1.54) is 0 Å². The van der Waals surface area contributed by atoms with Gasteiger partial charge in [-0.2, -0.15) is 17.5 Å². The summed E-state index contributed by atoms with van der Waals surface area (Å²) in [5.74, 6) is -0.683. The van der Waals surface area contributed by atoms with E-state index in [1.807, 2.05) is 0 Å². The molecule has 0 aliphatic carbocycles. The molecule has 8 heteroatoms. The number of sulfonamides is 1. The maximum atomic E-state index is 12.4. The molecule has 0 N–H and O–H groups in total. The van der Waals surface area contributed by atoms with Gasteiger partial charge in [0, 0.05) is 11.9 Å². The molecule has 0 aliphatic heterocycles. The van der Waals surface area contributed by atoms with Crippen molar-refractivity contribution in [2.45, 2.75) is 38.9 Å². The number of hydrogen-bond acceptors (Lipinski definition) is 2. The lowest BCUT2D eigenvalue weighted by Gasteiger charge is -2.30. The van der Waals surface area contributed by atoms with Crippen molar-refractivity contribution in [2.75, 3.05) is 18.2 Å². The first-order chi connectivity index (χ1) is 7.68. The number of rotatable bonds is 7. The first-order valence-corrected chi connectivity index (χ1v) is 7.44. The van der Waals surface area contributed by atoms with Crippen molar-refractivity contribution in [1.29, 1.82) is 0 Å². The molecule has 3 nitrogen and oxygen atoms in total. The van der Waals surface area contributed by atoms with E-state index in [1.54, 1.807) is 13.8 Å². The van der Waals surface area contributed by atoms with Crippen LogP contribution in [0, 0.1) is 0 Å². The van der Waals surface area contributed by atoms with Crippen LogP contribution in [-0.2, 0) is 10.0 Å². The van der Waals surface area contributed by atoms with E-state index in [4.69, 9.17) is 11.6 Å². The van der Waals surface area contributed by atoms with Gasteiger partial charge in [0.15, 0.2) is 0 Å². The van der Waals surface area contributed by atoms with Crippen molar-refractivity contribution in [3.05, 3.63) is 0 Å². The molecule has 0 amide bonds. The SMILES string of the molecule is CCC(CC)N(CC(F)(F)F)S(=O)(=O)CCCl. The monoisotopic (exact) mass is 295 g/mol. The zero-order chi connectivity index (χ0) is 13.7. The molecule has 0 bridgehead atoms. The van der Waals surface area contributed by atoms with E-state index in [2.05, 4.69) is 0 Å². The molecule has 0 fully saturated rings. The Hall–Kier alpha value is -0.0100. The third-order valence-corrected chi connectivity index (χ3v) is 4.65. The molecular weight excluding hydrogens is 279 g/mol. The van der Waals surface area contributed by atoms with Crippen molar-refractivity contribution in [2.24, 2.45) is 0 Å². The Morgan fingerprint density at radius 3 is 2.00 bits per heavy atom. The molecule has 0 aromatic heterocycles. The predicted molar refractivity (Wildman–Crippen MR) is 61.6 cm³/mol. The van der Waals surface area contributed by atoms with Crippen molar-refractivity contribution in [1.82, 2.24) is 4.31 Å². The minimum atomic E-state index is -4.54. The van der Waals surface area contributed by atoms with E-state index in [9.17, 15) is 21.6 Å². The smallest absolute Gasteiger partial charge is 0.212 e. The second-order valence-corrected chi connectivity index (χ2v) is 6.05. The third-order valence-electron chi connectivity index (χ3n) is 2.38. The standard InChI is InChI=1S/C9H17ClF3NO2S/c1-3-8(4-2)14(7-9(11,12)13)17(15,16)6-5-10/h8H,3-7H2,1-2H3. The van der Waals surface area contributed by atoms with Gasteiger partial charge < -0.3 is 0 Å². The minimum absolute atomic E-state index is 0.211. The van der Waals surface area contributed by atoms with Crippen LogP contribution in [0.2, 0.25) is 0 Å². The Morgan fingerprint density at radius 2 is 1.71 bits per heavy atom. The predicted octanol–water partition coefficient (Wildman–Crippen LogP) is 2.61. The van der Waals surface area contributed by atoms with E-state index < -0.39 is 34.5 Å². The van der Waals surface area contributed by atoms with E-state index in [-0.39, 0.29) is 5.88 Å². The van der Waals surface area contributed by atoms with E-state index in [0.29, 0.717) is 17.1 Å². The Bertz CT molecular complexity index is 315. The topological polar surface area (TPSA) is 37.4 Å². The molecule has 0 saturated heterocycles. The number of halogens is 4. The summed E-state index contributed by atoms with van der Waals surface area (Å²) in [6, 6.07) is -0.634. The van der Waals surface area contributed by atoms with Crippen molar-refractivity contribution in [3.63, 3.8) is 0 Å². The molecule has 17 heavy (non-hydrogen) atoms. The van der Waals surface area contributed by atoms with Crippen molar-refractivity contribution in [3.8, 4) is 0 Å². The molecular formula is C9H17ClF3NO2S. The third kappa shape index (κ3) is 5.92. The molecule has 0 spiro atoms. The van der Waals surface area contributed by atoms with Gasteiger partial charge in [-0.3, -0.25) is 0 Å². The van der Waals surface area contributed by atoms with Crippen LogP contribution in [0.5, 0.6) is 0 Å². The summed E-state index contributed by atoms with van der Waals surface area (Å²) in [7, 11) is -3.95. The Labute approximate surface area is 105 Å². The Kier molecular flexibility index (Phi) is 6.79. The summed E-state index contributed by atoms with van der Waals surface area (Å²) in [6.45, 7) is 1.88. The van der Waals surface area contributed by atoms with E-state index in [0.717, 1.165) is 0 Å². The molecule has 0 atom stereocenters. The van der Waals surface area contributed by atoms with Gasteiger partial charge >= 0.3 is 6.18 Å². The van der Waals surface area contributed by atoms with Gasteiger partial charge in [0.1, 0.15) is 6.54 Å². The second-order valence-electron chi connectivity index (χ2n) is 3.64. The molecule has 0 rings (SSSR count). The molecule has 0 aromatic carbocycles. The molecule has 0 aliphatic rings.